The van der Waals surface area contributed by atoms with Gasteiger partial charge in [0.25, 0.3) is 5.91 Å². The molecule has 1 amide bonds. The second-order valence-electron chi connectivity index (χ2n) is 10.0. The number of nitrogens with one attached hydrogen (secondary N) is 1. The highest BCUT2D eigenvalue weighted by molar-refractivity contribution is 5.94. The number of rotatable bonds is 26. The van der Waals surface area contributed by atoms with Crippen LogP contribution in [0.15, 0.2) is 0 Å². The highest BCUT2D eigenvalue weighted by Gasteiger charge is 2.39. The number of esters is 2. The minimum absolute atomic E-state index is 0.0157. The molecular weight excluding hydrogens is 486 g/mol. The molecule has 0 aromatic carbocycles. The monoisotopic (exact) mass is 541 g/mol. The van der Waals surface area contributed by atoms with Crippen LogP contribution in [0.2, 0.25) is 0 Å². The van der Waals surface area contributed by atoms with Gasteiger partial charge in [-0.05, 0) is 25.8 Å². The molecule has 9 heteroatoms. The maximum Gasteiger partial charge on any atom is 0.306 e. The maximum atomic E-state index is 13.0. The van der Waals surface area contributed by atoms with Crippen LogP contribution in [0.5, 0.6) is 0 Å². The first-order valence-corrected chi connectivity index (χ1v) is 15.0. The van der Waals surface area contributed by atoms with Gasteiger partial charge in [-0.1, -0.05) is 90.9 Å². The summed E-state index contributed by atoms with van der Waals surface area (Å²) in [5.74, 6) is -2.35. The van der Waals surface area contributed by atoms with Crippen molar-refractivity contribution in [3.63, 3.8) is 0 Å². The zero-order valence-corrected chi connectivity index (χ0v) is 24.1. The predicted molar refractivity (Wildman–Crippen MR) is 150 cm³/mol. The van der Waals surface area contributed by atoms with Crippen molar-refractivity contribution in [1.82, 2.24) is 5.32 Å². The van der Waals surface area contributed by atoms with Crippen molar-refractivity contribution in [1.29, 1.82) is 0 Å². The van der Waals surface area contributed by atoms with Crippen LogP contribution in [0, 0.1) is 0 Å². The second-order valence-corrected chi connectivity index (χ2v) is 10.0. The zero-order valence-electron chi connectivity index (χ0n) is 24.1. The minimum Gasteiger partial charge on any atom is -0.450 e. The van der Waals surface area contributed by atoms with Gasteiger partial charge in [0.2, 0.25) is 12.2 Å². The Morgan fingerprint density at radius 1 is 0.579 bits per heavy atom. The van der Waals surface area contributed by atoms with Crippen LogP contribution >= 0.6 is 0 Å². The van der Waals surface area contributed by atoms with Crippen molar-refractivity contribution in [3.8, 4) is 0 Å². The minimum atomic E-state index is -1.55. The number of Topliss-reactive ketones (excluding diaryl/α,β-unsaturated/α-hetero) is 1. The number of ether oxygens (including phenoxy) is 2. The molecule has 0 aliphatic carbocycles. The fourth-order valence-corrected chi connectivity index (χ4v) is 4.12. The molecule has 0 spiro atoms. The van der Waals surface area contributed by atoms with Gasteiger partial charge in [-0.15, -0.1) is 0 Å². The first kappa shape index (κ1) is 36.0. The van der Waals surface area contributed by atoms with Crippen LogP contribution in [0.4, 0.5) is 0 Å². The summed E-state index contributed by atoms with van der Waals surface area (Å²) < 4.78 is 11.0. The van der Waals surface area contributed by atoms with Gasteiger partial charge in [-0.3, -0.25) is 19.2 Å². The number of hydrogen-bond acceptors (Lipinski definition) is 8. The maximum absolute atomic E-state index is 13.0. The number of carbonyl (C=O) groups is 4. The molecule has 38 heavy (non-hydrogen) atoms. The topological polar surface area (TPSA) is 151 Å². The second kappa shape index (κ2) is 25.3. The molecule has 0 rings (SSSR count). The molecule has 222 valence electrons. The van der Waals surface area contributed by atoms with E-state index in [9.17, 15) is 19.2 Å². The lowest BCUT2D eigenvalue weighted by Crippen LogP contribution is -2.51. The van der Waals surface area contributed by atoms with Crippen LogP contribution in [-0.4, -0.2) is 55.5 Å². The summed E-state index contributed by atoms with van der Waals surface area (Å²) in [6.07, 6.45) is 12.1. The Hall–Kier alpha value is -2.00. The van der Waals surface area contributed by atoms with Gasteiger partial charge in [0.15, 0.2) is 5.78 Å². The van der Waals surface area contributed by atoms with E-state index < -0.39 is 35.8 Å². The van der Waals surface area contributed by atoms with E-state index in [1.165, 1.54) is 38.5 Å². The van der Waals surface area contributed by atoms with Crippen LogP contribution in [0.25, 0.3) is 0 Å². The Labute approximate surface area is 230 Å². The number of ketones is 1. The molecule has 0 aliphatic rings. The molecular formula is C29H55N3O6. The lowest BCUT2D eigenvalue weighted by Gasteiger charge is -2.25. The SMILES string of the molecule is CCCCCCCCCC(=O)O[C@@H](C(=O)CCCN)[C@@H](OC(=O)CCCCCCCCC)C(=O)NCCN. The first-order chi connectivity index (χ1) is 18.4. The van der Waals surface area contributed by atoms with E-state index in [0.717, 1.165) is 38.5 Å². The zero-order chi connectivity index (χ0) is 28.4. The first-order valence-electron chi connectivity index (χ1n) is 15.0. The molecule has 0 radical (unpaired) electrons. The quantitative estimate of drug-likeness (QED) is 0.107. The predicted octanol–water partition coefficient (Wildman–Crippen LogP) is 4.47. The Kier molecular flexibility index (Phi) is 24.0. The van der Waals surface area contributed by atoms with Gasteiger partial charge in [0.05, 0.1) is 0 Å². The molecule has 5 N–H and O–H groups in total. The van der Waals surface area contributed by atoms with E-state index in [2.05, 4.69) is 19.2 Å². The van der Waals surface area contributed by atoms with Gasteiger partial charge in [-0.25, -0.2) is 0 Å². The van der Waals surface area contributed by atoms with Gasteiger partial charge in [0, 0.05) is 32.4 Å². The fraction of sp³-hybridized carbons (Fsp3) is 0.862. The van der Waals surface area contributed by atoms with Gasteiger partial charge in [-0.2, -0.15) is 0 Å². The van der Waals surface area contributed by atoms with E-state index in [0.29, 0.717) is 19.3 Å². The molecule has 9 nitrogen and oxygen atoms in total. The fourth-order valence-electron chi connectivity index (χ4n) is 4.12. The van der Waals surface area contributed by atoms with Crippen LogP contribution in [-0.2, 0) is 28.7 Å². The summed E-state index contributed by atoms with van der Waals surface area (Å²) in [4.78, 5) is 51.1. The molecule has 0 heterocycles. The van der Waals surface area contributed by atoms with Crippen molar-refractivity contribution in [2.24, 2.45) is 11.5 Å². The lowest BCUT2D eigenvalue weighted by molar-refractivity contribution is -0.176. The van der Waals surface area contributed by atoms with Gasteiger partial charge >= 0.3 is 11.9 Å². The normalized spacial score (nSPS) is 12.5. The third-order valence-electron chi connectivity index (χ3n) is 6.41. The number of hydrogen-bond donors (Lipinski definition) is 3. The number of carbonyl (C=O) groups excluding carboxylic acids is 4. The summed E-state index contributed by atoms with van der Waals surface area (Å²) in [7, 11) is 0. The van der Waals surface area contributed by atoms with E-state index in [1.807, 2.05) is 0 Å². The van der Waals surface area contributed by atoms with E-state index >= 15 is 0 Å². The average Bonchev–Trinajstić information content (AvgIpc) is 2.91. The molecule has 0 aromatic heterocycles. The van der Waals surface area contributed by atoms with E-state index in [-0.39, 0.29) is 38.9 Å². The number of amides is 1. The van der Waals surface area contributed by atoms with Crippen molar-refractivity contribution < 1.29 is 28.7 Å². The Morgan fingerprint density at radius 3 is 1.47 bits per heavy atom. The third-order valence-corrected chi connectivity index (χ3v) is 6.41. The highest BCUT2D eigenvalue weighted by atomic mass is 16.6. The summed E-state index contributed by atoms with van der Waals surface area (Å²) in [6.45, 7) is 4.91. The summed E-state index contributed by atoms with van der Waals surface area (Å²) in [5.41, 5.74) is 11.1. The lowest BCUT2D eigenvalue weighted by atomic mass is 10.0. The van der Waals surface area contributed by atoms with Crippen molar-refractivity contribution in [2.45, 2.75) is 142 Å². The average molecular weight is 542 g/mol. The van der Waals surface area contributed by atoms with E-state index in [4.69, 9.17) is 20.9 Å². The molecule has 0 unspecified atom stereocenters. The summed E-state index contributed by atoms with van der Waals surface area (Å²) >= 11 is 0. The molecule has 0 saturated carbocycles. The molecule has 0 aliphatic heterocycles. The smallest absolute Gasteiger partial charge is 0.306 e. The Balaban J connectivity index is 5.14. The molecule has 0 aromatic rings. The van der Waals surface area contributed by atoms with Crippen molar-refractivity contribution >= 4 is 23.6 Å². The molecule has 0 fully saturated rings. The van der Waals surface area contributed by atoms with Crippen molar-refractivity contribution in [2.75, 3.05) is 19.6 Å². The molecule has 0 bridgehead atoms. The molecule has 2 atom stereocenters. The number of unbranched alkanes of at least 4 members (excludes halogenated alkanes) is 12. The molecule has 0 saturated heterocycles. The van der Waals surface area contributed by atoms with Crippen LogP contribution in [0.3, 0.4) is 0 Å². The Morgan fingerprint density at radius 2 is 1.03 bits per heavy atom. The number of nitrogens with two attached hydrogens (primary N) is 2. The largest absolute Gasteiger partial charge is 0.450 e. The van der Waals surface area contributed by atoms with Crippen LogP contribution < -0.4 is 16.8 Å². The van der Waals surface area contributed by atoms with E-state index in [1.54, 1.807) is 0 Å². The highest BCUT2D eigenvalue weighted by Crippen LogP contribution is 2.16. The summed E-state index contributed by atoms with van der Waals surface area (Å²) in [6, 6.07) is 0. The third kappa shape index (κ3) is 19.1. The summed E-state index contributed by atoms with van der Waals surface area (Å²) in [5, 5.41) is 2.57. The standard InChI is InChI=1S/C29H55N3O6/c1-3-5-7-9-11-13-15-19-25(34)37-27(24(33)18-17-21-30)28(29(36)32-23-22-31)38-26(35)20-16-14-12-10-8-6-4-2/h27-28H,3-23,30-31H2,1-2H3,(H,32,36)/t27-,28+/m0/s1. The van der Waals surface area contributed by atoms with Crippen molar-refractivity contribution in [3.05, 3.63) is 0 Å². The van der Waals surface area contributed by atoms with Crippen LogP contribution in [0.1, 0.15) is 129 Å². The van der Waals surface area contributed by atoms with Gasteiger partial charge < -0.3 is 26.3 Å². The Bertz CT molecular complexity index is 590. The van der Waals surface area contributed by atoms with Gasteiger partial charge in [0.1, 0.15) is 0 Å².